The molecule has 0 bridgehead atoms. The van der Waals surface area contributed by atoms with Gasteiger partial charge in [-0.1, -0.05) is 0 Å². The number of ether oxygens (including phenoxy) is 1. The van der Waals surface area contributed by atoms with Gasteiger partial charge in [0.15, 0.2) is 11.6 Å². The van der Waals surface area contributed by atoms with Crippen molar-refractivity contribution in [2.45, 2.75) is 38.6 Å². The first-order valence-electron chi connectivity index (χ1n) is 7.93. The first-order valence-corrected chi connectivity index (χ1v) is 7.93. The zero-order chi connectivity index (χ0) is 13.8. The Bertz CT molecular complexity index is 427. The Balaban J connectivity index is 1.75. The third-order valence-electron chi connectivity index (χ3n) is 4.16. The number of nitrogens with one attached hydrogen (secondary N) is 1. The molecule has 2 fully saturated rings. The van der Waals surface area contributed by atoms with Gasteiger partial charge in [0.2, 0.25) is 0 Å². The summed E-state index contributed by atoms with van der Waals surface area (Å²) in [4.78, 5) is 7.09. The highest BCUT2D eigenvalue weighted by molar-refractivity contribution is 5.53. The molecule has 2 heterocycles. The van der Waals surface area contributed by atoms with Crippen LogP contribution in [-0.2, 0) is 0 Å². The van der Waals surface area contributed by atoms with Gasteiger partial charge in [-0.2, -0.15) is 0 Å². The second-order valence-corrected chi connectivity index (χ2v) is 5.85. The Morgan fingerprint density at radius 3 is 3.00 bits per heavy atom. The molecule has 20 heavy (non-hydrogen) atoms. The smallest absolute Gasteiger partial charge is 0.171 e. The van der Waals surface area contributed by atoms with E-state index in [1.54, 1.807) is 0 Å². The van der Waals surface area contributed by atoms with Gasteiger partial charge < -0.3 is 15.0 Å². The maximum absolute atomic E-state index is 5.77. The quantitative estimate of drug-likeness (QED) is 0.865. The Labute approximate surface area is 121 Å². The standard InChI is InChI=1S/C16H25N3O/c1-2-20-15-6-4-10-18-16(15)19(14-7-8-14)12-13-5-3-9-17-11-13/h4,6,10,13-14,17H,2-3,5,7-9,11-12H2,1H3. The highest BCUT2D eigenvalue weighted by atomic mass is 16.5. The molecule has 1 aromatic heterocycles. The van der Waals surface area contributed by atoms with Crippen molar-refractivity contribution in [2.24, 2.45) is 5.92 Å². The molecule has 2 aliphatic rings. The summed E-state index contributed by atoms with van der Waals surface area (Å²) in [7, 11) is 0. The van der Waals surface area contributed by atoms with Crippen molar-refractivity contribution in [3.63, 3.8) is 0 Å². The molecule has 0 radical (unpaired) electrons. The topological polar surface area (TPSA) is 37.4 Å². The number of hydrogen-bond acceptors (Lipinski definition) is 4. The van der Waals surface area contributed by atoms with Crippen LogP contribution in [0.25, 0.3) is 0 Å². The van der Waals surface area contributed by atoms with Gasteiger partial charge in [0.25, 0.3) is 0 Å². The minimum absolute atomic E-state index is 0.672. The van der Waals surface area contributed by atoms with Crippen molar-refractivity contribution < 1.29 is 4.74 Å². The molecule has 4 nitrogen and oxygen atoms in total. The molecule has 1 atom stereocenters. The number of hydrogen-bond donors (Lipinski definition) is 1. The first-order chi connectivity index (χ1) is 9.88. The lowest BCUT2D eigenvalue weighted by Gasteiger charge is -2.31. The lowest BCUT2D eigenvalue weighted by atomic mass is 9.99. The summed E-state index contributed by atoms with van der Waals surface area (Å²) in [5.74, 6) is 2.72. The third kappa shape index (κ3) is 3.23. The van der Waals surface area contributed by atoms with Crippen LogP contribution in [0.4, 0.5) is 5.82 Å². The van der Waals surface area contributed by atoms with Crippen molar-refractivity contribution in [1.29, 1.82) is 0 Å². The van der Waals surface area contributed by atoms with E-state index in [0.29, 0.717) is 12.6 Å². The van der Waals surface area contributed by atoms with Crippen molar-refractivity contribution in [3.05, 3.63) is 18.3 Å². The Kier molecular flexibility index (Phi) is 4.41. The van der Waals surface area contributed by atoms with E-state index in [0.717, 1.165) is 30.6 Å². The van der Waals surface area contributed by atoms with E-state index in [1.165, 1.54) is 32.2 Å². The summed E-state index contributed by atoms with van der Waals surface area (Å²) in [5, 5.41) is 3.51. The average molecular weight is 275 g/mol. The molecule has 3 rings (SSSR count). The largest absolute Gasteiger partial charge is 0.490 e. The SMILES string of the molecule is CCOc1cccnc1N(CC1CCCNC1)C1CC1. The molecule has 1 N–H and O–H groups in total. The van der Waals surface area contributed by atoms with Gasteiger partial charge in [0.1, 0.15) is 0 Å². The van der Waals surface area contributed by atoms with Crippen LogP contribution in [-0.4, -0.2) is 37.3 Å². The Morgan fingerprint density at radius 2 is 2.30 bits per heavy atom. The van der Waals surface area contributed by atoms with Gasteiger partial charge in [-0.25, -0.2) is 4.98 Å². The predicted octanol–water partition coefficient (Wildman–Crippen LogP) is 2.45. The van der Waals surface area contributed by atoms with Crippen LogP contribution in [0.15, 0.2) is 18.3 Å². The van der Waals surface area contributed by atoms with Crippen LogP contribution in [0.2, 0.25) is 0 Å². The molecule has 0 spiro atoms. The lowest BCUT2D eigenvalue weighted by Crippen LogP contribution is -2.39. The van der Waals surface area contributed by atoms with Crippen molar-refractivity contribution >= 4 is 5.82 Å². The van der Waals surface area contributed by atoms with E-state index < -0.39 is 0 Å². The molecule has 1 saturated carbocycles. The highest BCUT2D eigenvalue weighted by Gasteiger charge is 2.33. The molecule has 0 aromatic carbocycles. The Hall–Kier alpha value is -1.29. The summed E-state index contributed by atoms with van der Waals surface area (Å²) >= 11 is 0. The summed E-state index contributed by atoms with van der Waals surface area (Å²) in [5.41, 5.74) is 0. The van der Waals surface area contributed by atoms with E-state index in [9.17, 15) is 0 Å². The molecule has 1 saturated heterocycles. The summed E-state index contributed by atoms with van der Waals surface area (Å²) < 4.78 is 5.77. The molecule has 0 amide bonds. The number of nitrogens with zero attached hydrogens (tertiary/aromatic N) is 2. The number of rotatable bonds is 6. The fourth-order valence-electron chi connectivity index (χ4n) is 3.02. The van der Waals surface area contributed by atoms with Gasteiger partial charge in [0.05, 0.1) is 6.61 Å². The normalized spacial score (nSPS) is 22.6. The van der Waals surface area contributed by atoms with E-state index in [2.05, 4.69) is 15.2 Å². The molecule has 110 valence electrons. The fourth-order valence-corrected chi connectivity index (χ4v) is 3.02. The maximum atomic E-state index is 5.77. The average Bonchev–Trinajstić information content (AvgIpc) is 3.32. The maximum Gasteiger partial charge on any atom is 0.171 e. The molecule has 1 aliphatic carbocycles. The predicted molar refractivity (Wildman–Crippen MR) is 81.4 cm³/mol. The Morgan fingerprint density at radius 1 is 1.40 bits per heavy atom. The molecular weight excluding hydrogens is 250 g/mol. The third-order valence-corrected chi connectivity index (χ3v) is 4.16. The van der Waals surface area contributed by atoms with Crippen LogP contribution >= 0.6 is 0 Å². The molecule has 4 heteroatoms. The van der Waals surface area contributed by atoms with E-state index >= 15 is 0 Å². The molecule has 1 aromatic rings. The van der Waals surface area contributed by atoms with Gasteiger partial charge in [-0.05, 0) is 63.7 Å². The van der Waals surface area contributed by atoms with E-state index in [1.807, 2.05) is 25.3 Å². The molecule has 1 unspecified atom stereocenters. The van der Waals surface area contributed by atoms with Gasteiger partial charge >= 0.3 is 0 Å². The highest BCUT2D eigenvalue weighted by Crippen LogP contribution is 2.36. The lowest BCUT2D eigenvalue weighted by molar-refractivity contribution is 0.335. The van der Waals surface area contributed by atoms with Crippen molar-refractivity contribution in [2.75, 3.05) is 31.1 Å². The number of pyridine rings is 1. The monoisotopic (exact) mass is 275 g/mol. The zero-order valence-corrected chi connectivity index (χ0v) is 12.3. The van der Waals surface area contributed by atoms with Crippen LogP contribution in [0, 0.1) is 5.92 Å². The second kappa shape index (κ2) is 6.44. The summed E-state index contributed by atoms with van der Waals surface area (Å²) in [6.45, 7) is 6.15. The van der Waals surface area contributed by atoms with Crippen LogP contribution in [0.5, 0.6) is 5.75 Å². The number of anilines is 1. The van der Waals surface area contributed by atoms with Crippen LogP contribution in [0.1, 0.15) is 32.6 Å². The molecule has 1 aliphatic heterocycles. The summed E-state index contributed by atoms with van der Waals surface area (Å²) in [6.07, 6.45) is 7.09. The zero-order valence-electron chi connectivity index (χ0n) is 12.3. The van der Waals surface area contributed by atoms with Crippen molar-refractivity contribution in [1.82, 2.24) is 10.3 Å². The minimum atomic E-state index is 0.672. The van der Waals surface area contributed by atoms with E-state index in [-0.39, 0.29) is 0 Å². The first kappa shape index (κ1) is 13.7. The fraction of sp³-hybridized carbons (Fsp3) is 0.688. The van der Waals surface area contributed by atoms with E-state index in [4.69, 9.17) is 4.74 Å². The number of aromatic nitrogens is 1. The second-order valence-electron chi connectivity index (χ2n) is 5.85. The van der Waals surface area contributed by atoms with Gasteiger partial charge in [-0.15, -0.1) is 0 Å². The number of piperidine rings is 1. The van der Waals surface area contributed by atoms with Crippen molar-refractivity contribution in [3.8, 4) is 5.75 Å². The van der Waals surface area contributed by atoms with Crippen LogP contribution in [0.3, 0.4) is 0 Å². The van der Waals surface area contributed by atoms with Gasteiger partial charge in [-0.3, -0.25) is 0 Å². The van der Waals surface area contributed by atoms with Gasteiger partial charge in [0, 0.05) is 18.8 Å². The van der Waals surface area contributed by atoms with Crippen LogP contribution < -0.4 is 15.0 Å². The molecular formula is C16H25N3O. The summed E-state index contributed by atoms with van der Waals surface area (Å²) in [6, 6.07) is 4.67. The minimum Gasteiger partial charge on any atom is -0.490 e.